The molecule has 2 N–H and O–H groups in total. The monoisotopic (exact) mass is 326 g/mol. The number of rotatable bonds is 3. The van der Waals surface area contributed by atoms with E-state index in [0.717, 1.165) is 0 Å². The molecule has 0 spiro atoms. The van der Waals surface area contributed by atoms with Gasteiger partial charge in [-0.15, -0.1) is 0 Å². The summed E-state index contributed by atoms with van der Waals surface area (Å²) in [6.07, 6.45) is 2.91. The molecule has 21 heavy (non-hydrogen) atoms. The first kappa shape index (κ1) is 15.6. The Bertz CT molecular complexity index is 671. The molecule has 6 heteroatoms. The van der Waals surface area contributed by atoms with Crippen LogP contribution >= 0.6 is 23.2 Å². The summed E-state index contributed by atoms with van der Waals surface area (Å²) in [5, 5.41) is 19.3. The van der Waals surface area contributed by atoms with Crippen molar-refractivity contribution in [3.05, 3.63) is 51.5 Å². The topological polar surface area (TPSA) is 74.6 Å². The highest BCUT2D eigenvalue weighted by atomic mass is 35.5. The Kier molecular flexibility index (Phi) is 4.12. The first-order valence-corrected chi connectivity index (χ1v) is 6.83. The van der Waals surface area contributed by atoms with Crippen LogP contribution < -0.4 is 0 Å². The van der Waals surface area contributed by atoms with Gasteiger partial charge in [0.2, 0.25) is 0 Å². The zero-order valence-corrected chi connectivity index (χ0v) is 12.6. The van der Waals surface area contributed by atoms with Crippen LogP contribution in [0.25, 0.3) is 5.57 Å². The molecule has 1 aromatic carbocycles. The second kappa shape index (κ2) is 5.54. The maximum atomic E-state index is 11.4. The molecule has 0 heterocycles. The minimum atomic E-state index is -1.29. The second-order valence-corrected chi connectivity index (χ2v) is 6.00. The van der Waals surface area contributed by atoms with Crippen LogP contribution in [0.3, 0.4) is 0 Å². The Morgan fingerprint density at radius 2 is 1.71 bits per heavy atom. The number of hydrogen-bond donors (Lipinski definition) is 2. The average Bonchev–Trinajstić information content (AvgIpc) is 2.36. The standard InChI is InChI=1S/C15H12Cl2O4/c1-15(14(20)21)6-9(2-10(7-15)13(18)19)8-3-11(16)5-12(17)4-8/h2-6H,7H2,1H3,(H,18,19)(H,20,21). The SMILES string of the molecule is CC1(C(=O)O)C=C(c2cc(Cl)cc(Cl)c2)C=C(C(=O)O)C1. The van der Waals surface area contributed by atoms with Crippen LogP contribution in [0.2, 0.25) is 10.0 Å². The predicted molar refractivity (Wildman–Crippen MR) is 80.5 cm³/mol. The molecule has 0 aliphatic heterocycles. The number of hydrogen-bond acceptors (Lipinski definition) is 2. The van der Waals surface area contributed by atoms with E-state index in [-0.39, 0.29) is 12.0 Å². The third kappa shape index (κ3) is 3.28. The van der Waals surface area contributed by atoms with Gasteiger partial charge in [-0.1, -0.05) is 29.3 Å². The van der Waals surface area contributed by atoms with Crippen LogP contribution in [-0.4, -0.2) is 22.2 Å². The number of carbonyl (C=O) groups is 2. The predicted octanol–water partition coefficient (Wildman–Crippen LogP) is 3.88. The summed E-state index contributed by atoms with van der Waals surface area (Å²) in [7, 11) is 0. The van der Waals surface area contributed by atoms with E-state index in [4.69, 9.17) is 23.2 Å². The molecule has 1 unspecified atom stereocenters. The van der Waals surface area contributed by atoms with Gasteiger partial charge in [-0.2, -0.15) is 0 Å². The summed E-state index contributed by atoms with van der Waals surface area (Å²) < 4.78 is 0. The number of benzene rings is 1. The third-order valence-electron chi connectivity index (χ3n) is 3.32. The Morgan fingerprint density at radius 3 is 2.19 bits per heavy atom. The van der Waals surface area contributed by atoms with Crippen molar-refractivity contribution in [3.8, 4) is 0 Å². The number of carboxylic acids is 2. The van der Waals surface area contributed by atoms with E-state index in [1.165, 1.54) is 19.1 Å². The van der Waals surface area contributed by atoms with Gasteiger partial charge in [0.25, 0.3) is 0 Å². The minimum Gasteiger partial charge on any atom is -0.481 e. The maximum absolute atomic E-state index is 11.4. The van der Waals surface area contributed by atoms with Crippen LogP contribution in [0.1, 0.15) is 18.9 Å². The molecule has 0 saturated carbocycles. The van der Waals surface area contributed by atoms with Gasteiger partial charge < -0.3 is 10.2 Å². The van der Waals surface area contributed by atoms with Crippen molar-refractivity contribution in [2.75, 3.05) is 0 Å². The summed E-state index contributed by atoms with van der Waals surface area (Å²) in [4.78, 5) is 22.7. The summed E-state index contributed by atoms with van der Waals surface area (Å²) in [6.45, 7) is 1.48. The van der Waals surface area contributed by atoms with E-state index in [1.54, 1.807) is 18.2 Å². The van der Waals surface area contributed by atoms with Gasteiger partial charge in [-0.05, 0) is 48.8 Å². The Labute approximate surface area is 131 Å². The lowest BCUT2D eigenvalue weighted by molar-refractivity contribution is -0.145. The minimum absolute atomic E-state index is 0.0356. The third-order valence-corrected chi connectivity index (χ3v) is 3.76. The normalized spacial score (nSPS) is 21.5. The smallest absolute Gasteiger partial charge is 0.331 e. The first-order valence-electron chi connectivity index (χ1n) is 6.08. The van der Waals surface area contributed by atoms with Gasteiger partial charge in [0.1, 0.15) is 0 Å². The largest absolute Gasteiger partial charge is 0.481 e. The molecular weight excluding hydrogens is 315 g/mol. The lowest BCUT2D eigenvalue weighted by Gasteiger charge is -2.26. The summed E-state index contributed by atoms with van der Waals surface area (Å²) in [5.74, 6) is -2.22. The van der Waals surface area contributed by atoms with E-state index in [9.17, 15) is 19.8 Å². The molecule has 0 amide bonds. The van der Waals surface area contributed by atoms with Crippen LogP contribution in [0.5, 0.6) is 0 Å². The van der Waals surface area contributed by atoms with Crippen molar-refractivity contribution in [1.82, 2.24) is 0 Å². The first-order chi connectivity index (χ1) is 9.71. The second-order valence-electron chi connectivity index (χ2n) is 5.13. The zero-order valence-electron chi connectivity index (χ0n) is 11.1. The van der Waals surface area contributed by atoms with Crippen LogP contribution in [0, 0.1) is 5.41 Å². The van der Waals surface area contributed by atoms with Crippen molar-refractivity contribution in [1.29, 1.82) is 0 Å². The maximum Gasteiger partial charge on any atom is 0.331 e. The van der Waals surface area contributed by atoms with Crippen molar-refractivity contribution >= 4 is 40.7 Å². The fourth-order valence-corrected chi connectivity index (χ4v) is 2.76. The Balaban J connectivity index is 2.60. The molecule has 1 aliphatic carbocycles. The number of carboxylic acid groups (broad SMARTS) is 2. The number of halogens is 2. The fourth-order valence-electron chi connectivity index (χ4n) is 2.23. The van der Waals surface area contributed by atoms with Crippen LogP contribution in [0.15, 0.2) is 35.9 Å². The van der Waals surface area contributed by atoms with E-state index in [1.807, 2.05) is 0 Å². The number of allylic oxidation sites excluding steroid dienone is 2. The molecule has 4 nitrogen and oxygen atoms in total. The number of aliphatic carboxylic acids is 2. The fraction of sp³-hybridized carbons (Fsp3) is 0.200. The van der Waals surface area contributed by atoms with Gasteiger partial charge >= 0.3 is 11.9 Å². The summed E-state index contributed by atoms with van der Waals surface area (Å²) >= 11 is 11.9. The zero-order chi connectivity index (χ0) is 15.8. The lowest BCUT2D eigenvalue weighted by atomic mass is 9.76. The van der Waals surface area contributed by atoms with Crippen LogP contribution in [0.4, 0.5) is 0 Å². The molecule has 0 aromatic heterocycles. The quantitative estimate of drug-likeness (QED) is 0.883. The molecule has 1 aromatic rings. The average molecular weight is 327 g/mol. The van der Waals surface area contributed by atoms with Gasteiger partial charge in [-0.25, -0.2) is 4.79 Å². The highest BCUT2D eigenvalue weighted by Gasteiger charge is 2.36. The Morgan fingerprint density at radius 1 is 1.14 bits per heavy atom. The van der Waals surface area contributed by atoms with Crippen molar-refractivity contribution in [2.45, 2.75) is 13.3 Å². The highest BCUT2D eigenvalue weighted by molar-refractivity contribution is 6.34. The summed E-state index contributed by atoms with van der Waals surface area (Å²) in [5.41, 5.74) is -0.188. The summed E-state index contributed by atoms with van der Waals surface area (Å²) in [6, 6.07) is 4.78. The molecule has 0 saturated heterocycles. The molecule has 0 bridgehead atoms. The van der Waals surface area contributed by atoms with Gasteiger partial charge in [0.05, 0.1) is 5.41 Å². The van der Waals surface area contributed by atoms with E-state index < -0.39 is 17.4 Å². The van der Waals surface area contributed by atoms with E-state index in [2.05, 4.69) is 0 Å². The van der Waals surface area contributed by atoms with Crippen molar-refractivity contribution < 1.29 is 19.8 Å². The molecule has 1 aliphatic rings. The van der Waals surface area contributed by atoms with Gasteiger partial charge in [-0.3, -0.25) is 4.79 Å². The molecule has 110 valence electrons. The van der Waals surface area contributed by atoms with Crippen molar-refractivity contribution in [3.63, 3.8) is 0 Å². The van der Waals surface area contributed by atoms with Crippen LogP contribution in [-0.2, 0) is 9.59 Å². The lowest BCUT2D eigenvalue weighted by Crippen LogP contribution is -2.29. The van der Waals surface area contributed by atoms with E-state index in [0.29, 0.717) is 21.2 Å². The van der Waals surface area contributed by atoms with Gasteiger partial charge in [0, 0.05) is 15.6 Å². The van der Waals surface area contributed by atoms with E-state index >= 15 is 0 Å². The molecular formula is C15H12Cl2O4. The molecule has 0 radical (unpaired) electrons. The molecule has 2 rings (SSSR count). The molecule has 1 atom stereocenters. The van der Waals surface area contributed by atoms with Gasteiger partial charge in [0.15, 0.2) is 0 Å². The Hall–Kier alpha value is -1.78. The molecule has 0 fully saturated rings. The highest BCUT2D eigenvalue weighted by Crippen LogP contribution is 2.38. The van der Waals surface area contributed by atoms with Crippen molar-refractivity contribution in [2.24, 2.45) is 5.41 Å².